The molecule has 0 aliphatic carbocycles. The predicted octanol–water partition coefficient (Wildman–Crippen LogP) is 4.42. The van der Waals surface area contributed by atoms with E-state index in [4.69, 9.17) is 4.74 Å². The van der Waals surface area contributed by atoms with Crippen LogP contribution in [0, 0.1) is 11.7 Å². The number of halogens is 1. The summed E-state index contributed by atoms with van der Waals surface area (Å²) < 4.78 is 22.2. The van der Waals surface area contributed by atoms with E-state index in [0.29, 0.717) is 24.6 Å². The Hall–Kier alpha value is -1.77. The number of fused-ring (bicyclic) bond motifs is 1. The summed E-state index contributed by atoms with van der Waals surface area (Å²) in [6, 6.07) is 2.62. The number of carboxylic acid groups (broad SMARTS) is 1. The van der Waals surface area contributed by atoms with E-state index >= 15 is 0 Å². The van der Waals surface area contributed by atoms with Crippen LogP contribution in [0.2, 0.25) is 25.7 Å². The molecule has 1 aliphatic rings. The summed E-state index contributed by atoms with van der Waals surface area (Å²) in [6.45, 7) is 12.5. The summed E-state index contributed by atoms with van der Waals surface area (Å²) >= 11 is 0. The van der Waals surface area contributed by atoms with Gasteiger partial charge in [-0.1, -0.05) is 26.6 Å². The highest BCUT2D eigenvalue weighted by molar-refractivity contribution is 6.76. The third kappa shape index (κ3) is 5.64. The van der Waals surface area contributed by atoms with Crippen molar-refractivity contribution in [1.29, 1.82) is 0 Å². The van der Waals surface area contributed by atoms with Crippen LogP contribution >= 0.6 is 0 Å². The minimum absolute atomic E-state index is 0.110. The lowest BCUT2D eigenvalue weighted by atomic mass is 9.99. The Balaban J connectivity index is 1.90. The van der Waals surface area contributed by atoms with Crippen molar-refractivity contribution < 1.29 is 19.0 Å². The molecule has 29 heavy (non-hydrogen) atoms. The highest BCUT2D eigenvalue weighted by Crippen LogP contribution is 2.26. The van der Waals surface area contributed by atoms with Crippen LogP contribution in [0.5, 0.6) is 0 Å². The number of nitrogens with zero attached hydrogens (tertiary/aromatic N) is 3. The van der Waals surface area contributed by atoms with Gasteiger partial charge in [-0.2, -0.15) is 0 Å². The topological polar surface area (TPSA) is 67.6 Å². The summed E-state index contributed by atoms with van der Waals surface area (Å²) in [5.74, 6) is -1.04. The third-order valence-corrected chi connectivity index (χ3v) is 7.14. The maximum absolute atomic E-state index is 14.6. The number of aromatic nitrogens is 2. The minimum Gasteiger partial charge on any atom is -0.477 e. The van der Waals surface area contributed by atoms with Gasteiger partial charge in [-0.25, -0.2) is 14.2 Å². The van der Waals surface area contributed by atoms with Gasteiger partial charge in [0, 0.05) is 34.0 Å². The van der Waals surface area contributed by atoms with Crippen LogP contribution < -0.4 is 0 Å². The summed E-state index contributed by atoms with van der Waals surface area (Å²) in [6.07, 6.45) is 3.70. The summed E-state index contributed by atoms with van der Waals surface area (Å²) in [7, 11) is -1.20. The molecule has 0 bridgehead atoms. The Morgan fingerprint density at radius 3 is 2.83 bits per heavy atom. The molecule has 0 saturated carbocycles. The number of carboxylic acids is 1. The molecule has 8 heteroatoms. The van der Waals surface area contributed by atoms with E-state index in [-0.39, 0.29) is 17.9 Å². The van der Waals surface area contributed by atoms with E-state index in [0.717, 1.165) is 31.1 Å². The van der Waals surface area contributed by atoms with Gasteiger partial charge in [-0.05, 0) is 43.0 Å². The molecule has 160 valence electrons. The molecule has 0 radical (unpaired) electrons. The summed E-state index contributed by atoms with van der Waals surface area (Å²) in [4.78, 5) is 17.9. The van der Waals surface area contributed by atoms with Crippen molar-refractivity contribution in [2.75, 3.05) is 19.7 Å². The van der Waals surface area contributed by atoms with E-state index in [1.54, 1.807) is 10.6 Å². The molecule has 1 aliphatic heterocycles. The lowest BCUT2D eigenvalue weighted by Crippen LogP contribution is -2.34. The number of hydrogen-bond donors (Lipinski definition) is 1. The highest BCUT2D eigenvalue weighted by Gasteiger charge is 2.22. The Morgan fingerprint density at radius 2 is 2.17 bits per heavy atom. The zero-order valence-electron chi connectivity index (χ0n) is 17.9. The predicted molar refractivity (Wildman–Crippen MR) is 114 cm³/mol. The fourth-order valence-corrected chi connectivity index (χ4v) is 4.64. The first-order chi connectivity index (χ1) is 13.6. The average molecular weight is 422 g/mol. The standard InChI is InChI=1S/C21H32FN3O3Si/c1-15-6-5-7-24(11-15)12-16-10-18(21(26)27)23-19-17(22)13-25(20(16)19)14-28-8-9-29(2,3)4/h10,13,15H,5-9,11-12,14H2,1-4H3,(H,26,27)/t15-/m0/s1. The smallest absolute Gasteiger partial charge is 0.354 e. The van der Waals surface area contributed by atoms with Crippen LogP contribution in [0.4, 0.5) is 4.39 Å². The van der Waals surface area contributed by atoms with Crippen molar-refractivity contribution in [3.05, 3.63) is 29.3 Å². The van der Waals surface area contributed by atoms with Gasteiger partial charge in [0.25, 0.3) is 0 Å². The molecule has 2 aromatic rings. The molecular weight excluding hydrogens is 389 g/mol. The van der Waals surface area contributed by atoms with Crippen molar-refractivity contribution in [3.63, 3.8) is 0 Å². The first-order valence-corrected chi connectivity index (χ1v) is 14.1. The molecule has 1 N–H and O–H groups in total. The van der Waals surface area contributed by atoms with Gasteiger partial charge < -0.3 is 14.4 Å². The molecule has 0 aromatic carbocycles. The molecule has 3 rings (SSSR count). The fraction of sp³-hybridized carbons (Fsp3) is 0.619. The summed E-state index contributed by atoms with van der Waals surface area (Å²) in [5.41, 5.74) is 1.42. The number of pyridine rings is 1. The van der Waals surface area contributed by atoms with Gasteiger partial charge in [0.1, 0.15) is 17.9 Å². The van der Waals surface area contributed by atoms with Crippen LogP contribution in [0.3, 0.4) is 0 Å². The SMILES string of the molecule is C[C@H]1CCCN(Cc2cc(C(=O)O)nc3c(F)cn(COCC[Si](C)(C)C)c23)C1. The lowest BCUT2D eigenvalue weighted by Gasteiger charge is -2.31. The third-order valence-electron chi connectivity index (χ3n) is 5.44. The molecule has 1 saturated heterocycles. The van der Waals surface area contributed by atoms with E-state index < -0.39 is 19.9 Å². The lowest BCUT2D eigenvalue weighted by molar-refractivity contribution is 0.0690. The van der Waals surface area contributed by atoms with Crippen LogP contribution in [-0.4, -0.2) is 53.3 Å². The van der Waals surface area contributed by atoms with Crippen molar-refractivity contribution in [3.8, 4) is 0 Å². The van der Waals surface area contributed by atoms with Crippen LogP contribution in [-0.2, 0) is 18.0 Å². The van der Waals surface area contributed by atoms with Crippen molar-refractivity contribution in [2.24, 2.45) is 5.92 Å². The van der Waals surface area contributed by atoms with Crippen LogP contribution in [0.15, 0.2) is 12.3 Å². The molecule has 0 unspecified atom stereocenters. The van der Waals surface area contributed by atoms with E-state index in [2.05, 4.69) is 36.4 Å². The number of carbonyl (C=O) groups is 1. The quantitative estimate of drug-likeness (QED) is 0.505. The number of likely N-dealkylation sites (tertiary alicyclic amines) is 1. The second kappa shape index (κ2) is 8.93. The second-order valence-corrected chi connectivity index (χ2v) is 15.1. The second-order valence-electron chi connectivity index (χ2n) is 9.45. The zero-order chi connectivity index (χ0) is 21.2. The van der Waals surface area contributed by atoms with Gasteiger partial charge >= 0.3 is 5.97 Å². The van der Waals surface area contributed by atoms with Crippen molar-refractivity contribution in [2.45, 2.75) is 58.7 Å². The largest absolute Gasteiger partial charge is 0.477 e. The van der Waals surface area contributed by atoms with Gasteiger partial charge in [-0.15, -0.1) is 0 Å². The average Bonchev–Trinajstić information content (AvgIpc) is 2.94. The first-order valence-electron chi connectivity index (χ1n) is 10.4. The molecule has 6 nitrogen and oxygen atoms in total. The number of hydrogen-bond acceptors (Lipinski definition) is 4. The maximum Gasteiger partial charge on any atom is 0.354 e. The number of piperidine rings is 1. The van der Waals surface area contributed by atoms with Gasteiger partial charge in [0.2, 0.25) is 0 Å². The Kier molecular flexibility index (Phi) is 6.75. The number of aromatic carboxylic acids is 1. The maximum atomic E-state index is 14.6. The Bertz CT molecular complexity index is 878. The Labute approximate surface area is 172 Å². The Morgan fingerprint density at radius 1 is 1.41 bits per heavy atom. The first kappa shape index (κ1) is 21.9. The van der Waals surface area contributed by atoms with Crippen molar-refractivity contribution in [1.82, 2.24) is 14.5 Å². The molecule has 3 heterocycles. The molecular formula is C21H32FN3O3Si. The van der Waals surface area contributed by atoms with Crippen LogP contribution in [0.1, 0.15) is 35.8 Å². The molecule has 0 amide bonds. The van der Waals surface area contributed by atoms with Crippen molar-refractivity contribution >= 4 is 25.1 Å². The van der Waals surface area contributed by atoms with E-state index in [1.807, 2.05) is 0 Å². The van der Waals surface area contributed by atoms with E-state index in [9.17, 15) is 14.3 Å². The number of rotatable bonds is 8. The number of ether oxygens (including phenoxy) is 1. The molecule has 2 aromatic heterocycles. The monoisotopic (exact) mass is 421 g/mol. The molecule has 0 spiro atoms. The van der Waals surface area contributed by atoms with Crippen LogP contribution in [0.25, 0.3) is 11.0 Å². The molecule has 1 fully saturated rings. The van der Waals surface area contributed by atoms with E-state index in [1.165, 1.54) is 12.6 Å². The summed E-state index contributed by atoms with van der Waals surface area (Å²) in [5, 5.41) is 9.44. The minimum atomic E-state index is -1.20. The van der Waals surface area contributed by atoms with Gasteiger partial charge in [0.15, 0.2) is 5.82 Å². The fourth-order valence-electron chi connectivity index (χ4n) is 3.89. The van der Waals surface area contributed by atoms with Gasteiger partial charge in [0.05, 0.1) is 5.52 Å². The zero-order valence-corrected chi connectivity index (χ0v) is 18.9. The highest BCUT2D eigenvalue weighted by atomic mass is 28.3. The van der Waals surface area contributed by atoms with Gasteiger partial charge in [-0.3, -0.25) is 4.90 Å². The normalized spacial score (nSPS) is 18.4. The molecule has 1 atom stereocenters.